The van der Waals surface area contributed by atoms with E-state index in [4.69, 9.17) is 4.74 Å². The monoisotopic (exact) mass is 182 g/mol. The molecule has 0 N–H and O–H groups in total. The Labute approximate surface area is 79.7 Å². The Bertz CT molecular complexity index is 202. The molecule has 3 unspecified atom stereocenters. The Hall–Kier alpha value is -0.370. The minimum absolute atomic E-state index is 0.376. The zero-order valence-corrected chi connectivity index (χ0v) is 8.29. The summed E-state index contributed by atoms with van der Waals surface area (Å²) < 4.78 is 5.75. The molecule has 3 atom stereocenters. The molecule has 2 bridgehead atoms. The van der Waals surface area contributed by atoms with Crippen LogP contribution in [-0.2, 0) is 9.53 Å². The fraction of sp³-hybridized carbons (Fsp3) is 0.909. The zero-order valence-electron chi connectivity index (χ0n) is 8.29. The number of hydrogen-bond donors (Lipinski definition) is 0. The molecule has 0 heterocycles. The van der Waals surface area contributed by atoms with Crippen molar-refractivity contribution in [2.24, 2.45) is 11.8 Å². The van der Waals surface area contributed by atoms with E-state index in [1.165, 1.54) is 19.3 Å². The molecule has 13 heavy (non-hydrogen) atoms. The first-order chi connectivity index (χ1) is 6.30. The van der Waals surface area contributed by atoms with Crippen LogP contribution in [0, 0.1) is 11.8 Å². The average Bonchev–Trinajstić information content (AvgIpc) is 2.74. The second-order valence-corrected chi connectivity index (χ2v) is 4.50. The number of carbonyl (C=O) groups is 1. The number of carbonyl (C=O) groups excluding carboxylic acids is 1. The van der Waals surface area contributed by atoms with Crippen LogP contribution in [0.3, 0.4) is 0 Å². The van der Waals surface area contributed by atoms with Gasteiger partial charge in [-0.2, -0.15) is 0 Å². The molecule has 2 aliphatic rings. The van der Waals surface area contributed by atoms with E-state index in [0.717, 1.165) is 31.7 Å². The second kappa shape index (κ2) is 3.41. The fourth-order valence-corrected chi connectivity index (χ4v) is 2.97. The smallest absolute Gasteiger partial charge is 0.152 e. The summed E-state index contributed by atoms with van der Waals surface area (Å²) in [4.78, 5) is 11.1. The van der Waals surface area contributed by atoms with Crippen molar-refractivity contribution in [2.75, 3.05) is 6.61 Å². The molecule has 2 heteroatoms. The molecule has 2 nitrogen and oxygen atoms in total. The predicted octanol–water partition coefficient (Wildman–Crippen LogP) is 2.17. The van der Waals surface area contributed by atoms with E-state index in [9.17, 15) is 4.79 Å². The standard InChI is InChI=1S/C11H18O2/c1-2-5-13-11(8-12)7-9-3-4-10(11)6-9/h8-10H,2-7H2,1H3. The SMILES string of the molecule is CCCOC1(C=O)CC2CCC1C2. The van der Waals surface area contributed by atoms with Crippen LogP contribution < -0.4 is 0 Å². The maximum absolute atomic E-state index is 11.1. The van der Waals surface area contributed by atoms with Crippen LogP contribution in [0.2, 0.25) is 0 Å². The van der Waals surface area contributed by atoms with Crippen molar-refractivity contribution in [3.8, 4) is 0 Å². The van der Waals surface area contributed by atoms with Gasteiger partial charge in [0.05, 0.1) is 0 Å². The topological polar surface area (TPSA) is 26.3 Å². The lowest BCUT2D eigenvalue weighted by Crippen LogP contribution is -2.40. The number of rotatable bonds is 4. The van der Waals surface area contributed by atoms with Crippen molar-refractivity contribution in [1.29, 1.82) is 0 Å². The molecule has 0 aromatic carbocycles. The third kappa shape index (κ3) is 1.41. The van der Waals surface area contributed by atoms with E-state index in [1.54, 1.807) is 0 Å². The lowest BCUT2D eigenvalue weighted by Gasteiger charge is -2.32. The van der Waals surface area contributed by atoms with Crippen molar-refractivity contribution >= 4 is 6.29 Å². The van der Waals surface area contributed by atoms with Crippen molar-refractivity contribution < 1.29 is 9.53 Å². The van der Waals surface area contributed by atoms with Gasteiger partial charge in [-0.25, -0.2) is 0 Å². The number of fused-ring (bicyclic) bond motifs is 2. The van der Waals surface area contributed by atoms with Gasteiger partial charge in [0.15, 0.2) is 6.29 Å². The van der Waals surface area contributed by atoms with Gasteiger partial charge in [0.25, 0.3) is 0 Å². The molecule has 2 saturated carbocycles. The van der Waals surface area contributed by atoms with Gasteiger partial charge in [-0.1, -0.05) is 6.92 Å². The summed E-state index contributed by atoms with van der Waals surface area (Å²) in [5.41, 5.74) is -0.376. The highest BCUT2D eigenvalue weighted by Crippen LogP contribution is 2.51. The Balaban J connectivity index is 2.03. The van der Waals surface area contributed by atoms with Gasteiger partial charge in [0.2, 0.25) is 0 Å². The van der Waals surface area contributed by atoms with E-state index in [0.29, 0.717) is 5.92 Å². The molecule has 2 aliphatic carbocycles. The molecular weight excluding hydrogens is 164 g/mol. The molecular formula is C11H18O2. The summed E-state index contributed by atoms with van der Waals surface area (Å²) in [6.07, 6.45) is 6.81. The van der Waals surface area contributed by atoms with Crippen molar-refractivity contribution in [3.63, 3.8) is 0 Å². The van der Waals surface area contributed by atoms with Crippen LogP contribution in [0.5, 0.6) is 0 Å². The average molecular weight is 182 g/mol. The van der Waals surface area contributed by atoms with Crippen molar-refractivity contribution in [2.45, 2.75) is 44.6 Å². The fourth-order valence-electron chi connectivity index (χ4n) is 2.97. The first-order valence-corrected chi connectivity index (χ1v) is 5.41. The molecule has 0 aromatic rings. The van der Waals surface area contributed by atoms with Crippen molar-refractivity contribution in [1.82, 2.24) is 0 Å². The van der Waals surface area contributed by atoms with Crippen LogP contribution in [-0.4, -0.2) is 18.5 Å². The predicted molar refractivity (Wildman–Crippen MR) is 50.5 cm³/mol. The van der Waals surface area contributed by atoms with Gasteiger partial charge in [-0.3, -0.25) is 0 Å². The molecule has 0 amide bonds. The summed E-state index contributed by atoms with van der Waals surface area (Å²) in [5, 5.41) is 0. The van der Waals surface area contributed by atoms with Crippen LogP contribution >= 0.6 is 0 Å². The minimum atomic E-state index is -0.376. The quantitative estimate of drug-likeness (QED) is 0.623. The zero-order chi connectivity index (χ0) is 9.31. The number of hydrogen-bond acceptors (Lipinski definition) is 2. The maximum Gasteiger partial charge on any atom is 0.152 e. The molecule has 74 valence electrons. The first-order valence-electron chi connectivity index (χ1n) is 5.41. The molecule has 2 fully saturated rings. The summed E-state index contributed by atoms with van der Waals surface area (Å²) in [6, 6.07) is 0. The Morgan fingerprint density at radius 3 is 2.85 bits per heavy atom. The summed E-state index contributed by atoms with van der Waals surface area (Å²) in [7, 11) is 0. The van der Waals surface area contributed by atoms with Crippen LogP contribution in [0.15, 0.2) is 0 Å². The molecule has 0 aromatic heterocycles. The van der Waals surface area contributed by atoms with Gasteiger partial charge in [-0.15, -0.1) is 0 Å². The molecule has 0 radical (unpaired) electrons. The largest absolute Gasteiger partial charge is 0.367 e. The van der Waals surface area contributed by atoms with Gasteiger partial charge >= 0.3 is 0 Å². The summed E-state index contributed by atoms with van der Waals surface area (Å²) in [5.74, 6) is 1.30. The highest BCUT2D eigenvalue weighted by atomic mass is 16.5. The van der Waals surface area contributed by atoms with Gasteiger partial charge in [0.1, 0.15) is 5.60 Å². The van der Waals surface area contributed by atoms with Crippen LogP contribution in [0.4, 0.5) is 0 Å². The van der Waals surface area contributed by atoms with Gasteiger partial charge in [0, 0.05) is 6.61 Å². The number of aldehydes is 1. The Morgan fingerprint density at radius 1 is 1.54 bits per heavy atom. The lowest BCUT2D eigenvalue weighted by molar-refractivity contribution is -0.139. The molecule has 0 spiro atoms. The molecule has 0 aliphatic heterocycles. The molecule has 0 saturated heterocycles. The minimum Gasteiger partial charge on any atom is -0.367 e. The van der Waals surface area contributed by atoms with Gasteiger partial charge < -0.3 is 9.53 Å². The third-order valence-electron chi connectivity index (χ3n) is 3.61. The maximum atomic E-state index is 11.1. The van der Waals surface area contributed by atoms with E-state index < -0.39 is 0 Å². The number of ether oxygens (including phenoxy) is 1. The summed E-state index contributed by atoms with van der Waals surface area (Å²) in [6.45, 7) is 2.83. The summed E-state index contributed by atoms with van der Waals surface area (Å²) >= 11 is 0. The Kier molecular flexibility index (Phi) is 2.41. The lowest BCUT2D eigenvalue weighted by atomic mass is 9.85. The van der Waals surface area contributed by atoms with E-state index in [-0.39, 0.29) is 5.60 Å². The normalized spacial score (nSPS) is 42.5. The highest BCUT2D eigenvalue weighted by molar-refractivity contribution is 5.64. The van der Waals surface area contributed by atoms with Crippen molar-refractivity contribution in [3.05, 3.63) is 0 Å². The van der Waals surface area contributed by atoms with E-state index in [1.807, 2.05) is 0 Å². The third-order valence-corrected chi connectivity index (χ3v) is 3.61. The van der Waals surface area contributed by atoms with Gasteiger partial charge in [-0.05, 0) is 43.9 Å². The highest BCUT2D eigenvalue weighted by Gasteiger charge is 2.51. The van der Waals surface area contributed by atoms with Crippen LogP contribution in [0.25, 0.3) is 0 Å². The van der Waals surface area contributed by atoms with E-state index >= 15 is 0 Å². The Morgan fingerprint density at radius 2 is 2.38 bits per heavy atom. The molecule has 2 rings (SSSR count). The van der Waals surface area contributed by atoms with Crippen LogP contribution in [0.1, 0.15) is 39.0 Å². The second-order valence-electron chi connectivity index (χ2n) is 4.50. The first kappa shape index (κ1) is 9.20. The van der Waals surface area contributed by atoms with E-state index in [2.05, 4.69) is 6.92 Å².